The molecule has 0 aliphatic rings. The van der Waals surface area contributed by atoms with Crippen LogP contribution in [0.4, 0.5) is 0 Å². The van der Waals surface area contributed by atoms with Crippen LogP contribution in [-0.2, 0) is 36.8 Å². The summed E-state index contributed by atoms with van der Waals surface area (Å²) in [5.41, 5.74) is 6.98. The van der Waals surface area contributed by atoms with E-state index in [9.17, 15) is 39.3 Å². The van der Waals surface area contributed by atoms with Crippen molar-refractivity contribution in [2.45, 2.75) is 43.4 Å². The van der Waals surface area contributed by atoms with Crippen molar-refractivity contribution < 1.29 is 39.3 Å². The van der Waals surface area contributed by atoms with Gasteiger partial charge >= 0.3 is 11.9 Å². The number of carbonyl (C=O) groups is 5. The molecule has 0 saturated carbocycles. The molecule has 2 aromatic rings. The number of aromatic hydroxyl groups is 1. The van der Waals surface area contributed by atoms with E-state index in [-0.39, 0.29) is 24.3 Å². The Kier molecular flexibility index (Phi) is 10.9. The van der Waals surface area contributed by atoms with Crippen molar-refractivity contribution in [2.75, 3.05) is 5.75 Å². The Morgan fingerprint density at radius 1 is 0.919 bits per heavy atom. The second-order valence-electron chi connectivity index (χ2n) is 8.06. The number of hydrogen-bond donors (Lipinski definition) is 9. The van der Waals surface area contributed by atoms with Gasteiger partial charge in [-0.2, -0.15) is 12.6 Å². The van der Waals surface area contributed by atoms with E-state index in [0.29, 0.717) is 11.3 Å². The Morgan fingerprint density at radius 3 is 2.05 bits per heavy atom. The molecule has 0 aliphatic carbocycles. The normalized spacial score (nSPS) is 14.0. The van der Waals surface area contributed by atoms with Crippen molar-refractivity contribution >= 4 is 42.3 Å². The van der Waals surface area contributed by atoms with Gasteiger partial charge in [-0.15, -0.1) is 0 Å². The van der Waals surface area contributed by atoms with E-state index in [2.05, 4.69) is 38.5 Å². The molecule has 4 unspecified atom stereocenters. The number of rotatable bonds is 14. The molecule has 1 aromatic heterocycles. The zero-order valence-corrected chi connectivity index (χ0v) is 20.4. The second kappa shape index (κ2) is 13.8. The smallest absolute Gasteiger partial charge is 0.326 e. The summed E-state index contributed by atoms with van der Waals surface area (Å²) in [6, 6.07) is 0.623. The maximum Gasteiger partial charge on any atom is 0.326 e. The monoisotopic (exact) mass is 536 g/mol. The Labute approximate surface area is 216 Å². The largest absolute Gasteiger partial charge is 0.508 e. The van der Waals surface area contributed by atoms with Gasteiger partial charge < -0.3 is 42.0 Å². The van der Waals surface area contributed by atoms with Gasteiger partial charge in [0.15, 0.2) is 0 Å². The van der Waals surface area contributed by atoms with Crippen LogP contribution in [0.1, 0.15) is 17.7 Å². The van der Waals surface area contributed by atoms with Gasteiger partial charge in [-0.3, -0.25) is 19.2 Å². The molecule has 0 bridgehead atoms. The molecule has 3 amide bonds. The summed E-state index contributed by atoms with van der Waals surface area (Å²) >= 11 is 4.04. The van der Waals surface area contributed by atoms with Gasteiger partial charge in [0.25, 0.3) is 0 Å². The third-order valence-electron chi connectivity index (χ3n) is 5.15. The summed E-state index contributed by atoms with van der Waals surface area (Å²) in [6.45, 7) is 0. The fourth-order valence-electron chi connectivity index (χ4n) is 3.20. The quantitative estimate of drug-likeness (QED) is 0.122. The lowest BCUT2D eigenvalue weighted by Crippen LogP contribution is -2.58. The van der Waals surface area contributed by atoms with Gasteiger partial charge in [0.1, 0.15) is 23.9 Å². The number of phenols is 1. The predicted octanol–water partition coefficient (Wildman–Crippen LogP) is -1.83. The lowest BCUT2D eigenvalue weighted by molar-refractivity contribution is -0.143. The molecule has 0 saturated heterocycles. The molecule has 0 radical (unpaired) electrons. The number of phenolic OH excluding ortho intramolecular Hbond substituents is 1. The summed E-state index contributed by atoms with van der Waals surface area (Å²) in [5, 5.41) is 34.8. The van der Waals surface area contributed by atoms with E-state index in [4.69, 9.17) is 5.73 Å². The summed E-state index contributed by atoms with van der Waals surface area (Å²) in [5.74, 6) is -5.63. The van der Waals surface area contributed by atoms with Crippen LogP contribution >= 0.6 is 12.6 Å². The zero-order chi connectivity index (χ0) is 27.5. The van der Waals surface area contributed by atoms with Gasteiger partial charge in [0, 0.05) is 24.1 Å². The zero-order valence-electron chi connectivity index (χ0n) is 19.5. The molecule has 0 fully saturated rings. The second-order valence-corrected chi connectivity index (χ2v) is 8.43. The number of thiol groups is 1. The van der Waals surface area contributed by atoms with Crippen LogP contribution in [0, 0.1) is 0 Å². The number of imidazole rings is 1. The van der Waals surface area contributed by atoms with Crippen LogP contribution in [0.3, 0.4) is 0 Å². The van der Waals surface area contributed by atoms with Crippen LogP contribution in [-0.4, -0.2) is 84.9 Å². The van der Waals surface area contributed by atoms with E-state index in [1.807, 2.05) is 0 Å². The SMILES string of the molecule is NC(Cc1ccc(O)cc1)C(=O)NC(CS)C(=O)NC(CC(=O)O)C(=O)NC(Cc1cnc[nH]1)C(=O)O. The number of carboxylic acids is 2. The Morgan fingerprint density at radius 2 is 1.51 bits per heavy atom. The van der Waals surface area contributed by atoms with Crippen LogP contribution in [0.15, 0.2) is 36.8 Å². The van der Waals surface area contributed by atoms with Crippen molar-refractivity contribution in [1.82, 2.24) is 25.9 Å². The number of benzene rings is 1. The van der Waals surface area contributed by atoms with E-state index in [1.54, 1.807) is 12.1 Å². The van der Waals surface area contributed by atoms with Gasteiger partial charge in [0.05, 0.1) is 18.8 Å². The highest BCUT2D eigenvalue weighted by atomic mass is 32.1. The number of amides is 3. The van der Waals surface area contributed by atoms with Crippen LogP contribution in [0.5, 0.6) is 5.75 Å². The average Bonchev–Trinajstić information content (AvgIpc) is 3.35. The predicted molar refractivity (Wildman–Crippen MR) is 132 cm³/mol. The molecule has 1 heterocycles. The first-order valence-corrected chi connectivity index (χ1v) is 11.6. The fourth-order valence-corrected chi connectivity index (χ4v) is 3.45. The molecular formula is C22H28N6O8S. The van der Waals surface area contributed by atoms with Gasteiger partial charge in [0.2, 0.25) is 17.7 Å². The minimum atomic E-state index is -1.64. The molecule has 0 aliphatic heterocycles. The summed E-state index contributed by atoms with van der Waals surface area (Å²) in [6.07, 6.45) is 1.78. The molecule has 15 heteroatoms. The number of hydrogen-bond acceptors (Lipinski definition) is 9. The summed E-state index contributed by atoms with van der Waals surface area (Å²) < 4.78 is 0. The Bertz CT molecular complexity index is 1100. The van der Waals surface area contributed by atoms with E-state index in [0.717, 1.165) is 0 Å². The fraction of sp³-hybridized carbons (Fsp3) is 0.364. The number of aromatic nitrogens is 2. The molecule has 200 valence electrons. The number of H-pyrrole nitrogens is 1. The highest BCUT2D eigenvalue weighted by molar-refractivity contribution is 7.80. The van der Waals surface area contributed by atoms with Gasteiger partial charge in [-0.25, -0.2) is 9.78 Å². The first-order chi connectivity index (χ1) is 17.5. The molecule has 1 aromatic carbocycles. The van der Waals surface area contributed by atoms with E-state index < -0.39 is 60.2 Å². The van der Waals surface area contributed by atoms with E-state index >= 15 is 0 Å². The lowest BCUT2D eigenvalue weighted by Gasteiger charge is -2.23. The molecule has 9 N–H and O–H groups in total. The average molecular weight is 537 g/mol. The number of nitrogens with two attached hydrogens (primary N) is 1. The molecule has 4 atom stereocenters. The molecule has 0 spiro atoms. The minimum Gasteiger partial charge on any atom is -0.508 e. The van der Waals surface area contributed by atoms with Crippen molar-refractivity contribution in [2.24, 2.45) is 5.73 Å². The number of carbonyl (C=O) groups excluding carboxylic acids is 3. The van der Waals surface area contributed by atoms with Crippen molar-refractivity contribution in [3.05, 3.63) is 48.0 Å². The molecule has 14 nitrogen and oxygen atoms in total. The molecular weight excluding hydrogens is 508 g/mol. The minimum absolute atomic E-state index is 0.0458. The van der Waals surface area contributed by atoms with Crippen molar-refractivity contribution in [3.63, 3.8) is 0 Å². The number of aliphatic carboxylic acids is 2. The first-order valence-electron chi connectivity index (χ1n) is 11.0. The summed E-state index contributed by atoms with van der Waals surface area (Å²) in [4.78, 5) is 67.3. The van der Waals surface area contributed by atoms with Crippen LogP contribution < -0.4 is 21.7 Å². The van der Waals surface area contributed by atoms with Gasteiger partial charge in [-0.1, -0.05) is 12.1 Å². The standard InChI is InChI=1S/C22H28N6O8S/c23-14(5-11-1-3-13(29)4-2-11)19(32)28-17(9-37)21(34)26-15(7-18(30)31)20(33)27-16(22(35)36)6-12-8-24-10-25-12/h1-4,8,10,14-17,29,37H,5-7,9,23H2,(H,24,25)(H,26,34)(H,27,33)(H,28,32)(H,30,31)(H,35,36). The number of nitrogens with one attached hydrogen (secondary N) is 4. The number of aromatic amines is 1. The number of carboxylic acid groups (broad SMARTS) is 2. The van der Waals surface area contributed by atoms with Crippen LogP contribution in [0.25, 0.3) is 0 Å². The third kappa shape index (κ3) is 9.46. The van der Waals surface area contributed by atoms with Crippen LogP contribution in [0.2, 0.25) is 0 Å². The van der Waals surface area contributed by atoms with Crippen molar-refractivity contribution in [1.29, 1.82) is 0 Å². The molecule has 37 heavy (non-hydrogen) atoms. The third-order valence-corrected chi connectivity index (χ3v) is 5.51. The Hall–Kier alpha value is -4.11. The topological polar surface area (TPSA) is 237 Å². The highest BCUT2D eigenvalue weighted by Gasteiger charge is 2.31. The van der Waals surface area contributed by atoms with Gasteiger partial charge in [-0.05, 0) is 24.1 Å². The van der Waals surface area contributed by atoms with E-state index in [1.165, 1.54) is 24.7 Å². The summed E-state index contributed by atoms with van der Waals surface area (Å²) in [7, 11) is 0. The lowest BCUT2D eigenvalue weighted by atomic mass is 10.1. The highest BCUT2D eigenvalue weighted by Crippen LogP contribution is 2.11. The maximum absolute atomic E-state index is 12.8. The molecule has 2 rings (SSSR count). The first kappa shape index (κ1) is 29.1. The Balaban J connectivity index is 2.03. The van der Waals surface area contributed by atoms with Crippen molar-refractivity contribution in [3.8, 4) is 5.75 Å². The number of nitrogens with zero attached hydrogens (tertiary/aromatic N) is 1. The maximum atomic E-state index is 12.8.